The van der Waals surface area contributed by atoms with Crippen molar-refractivity contribution in [3.63, 3.8) is 0 Å². The van der Waals surface area contributed by atoms with Gasteiger partial charge >= 0.3 is 0 Å². The Morgan fingerprint density at radius 2 is 1.94 bits per heavy atom. The van der Waals surface area contributed by atoms with Crippen molar-refractivity contribution in [3.05, 3.63) is 69.4 Å². The Balaban J connectivity index is 2.22. The van der Waals surface area contributed by atoms with Crippen LogP contribution >= 0.6 is 15.9 Å². The average Bonchev–Trinajstić information content (AvgIpc) is 2.32. The van der Waals surface area contributed by atoms with E-state index in [9.17, 15) is 4.39 Å². The normalized spacial score (nSPS) is 12.4. The number of benzene rings is 2. The Labute approximate surface area is 115 Å². The maximum Gasteiger partial charge on any atom is 0.126 e. The second-order valence-corrected chi connectivity index (χ2v) is 5.32. The molecule has 2 rings (SSSR count). The van der Waals surface area contributed by atoms with Crippen molar-refractivity contribution in [2.75, 3.05) is 0 Å². The molecule has 2 aromatic carbocycles. The van der Waals surface area contributed by atoms with Crippen LogP contribution in [-0.4, -0.2) is 0 Å². The highest BCUT2D eigenvalue weighted by Crippen LogP contribution is 2.23. The van der Waals surface area contributed by atoms with Crippen LogP contribution in [0.1, 0.15) is 22.7 Å². The van der Waals surface area contributed by atoms with E-state index in [1.165, 1.54) is 6.07 Å². The molecule has 94 valence electrons. The molecule has 0 spiro atoms. The number of halogens is 2. The van der Waals surface area contributed by atoms with Gasteiger partial charge < -0.3 is 5.73 Å². The van der Waals surface area contributed by atoms with Crippen LogP contribution < -0.4 is 5.73 Å². The van der Waals surface area contributed by atoms with Gasteiger partial charge in [-0.3, -0.25) is 0 Å². The molecule has 2 N–H and O–H groups in total. The van der Waals surface area contributed by atoms with Crippen LogP contribution in [0.4, 0.5) is 4.39 Å². The highest BCUT2D eigenvalue weighted by Gasteiger charge is 2.12. The summed E-state index contributed by atoms with van der Waals surface area (Å²) in [5, 5.41) is 0. The van der Waals surface area contributed by atoms with Gasteiger partial charge in [0.1, 0.15) is 5.82 Å². The molecule has 1 nitrogen and oxygen atoms in total. The summed E-state index contributed by atoms with van der Waals surface area (Å²) < 4.78 is 14.6. The molecule has 1 atom stereocenters. The topological polar surface area (TPSA) is 26.0 Å². The first-order valence-corrected chi connectivity index (χ1v) is 6.62. The third kappa shape index (κ3) is 2.98. The zero-order valence-electron chi connectivity index (χ0n) is 10.2. The third-order valence-corrected chi connectivity index (χ3v) is 3.52. The van der Waals surface area contributed by atoms with Crippen molar-refractivity contribution in [3.8, 4) is 0 Å². The molecule has 0 fully saturated rings. The van der Waals surface area contributed by atoms with Gasteiger partial charge in [0.2, 0.25) is 0 Å². The van der Waals surface area contributed by atoms with E-state index >= 15 is 0 Å². The molecule has 2 aromatic rings. The highest BCUT2D eigenvalue weighted by atomic mass is 79.9. The van der Waals surface area contributed by atoms with Gasteiger partial charge in [-0.2, -0.15) is 0 Å². The quantitative estimate of drug-likeness (QED) is 0.906. The molecule has 0 aliphatic rings. The molecule has 1 unspecified atom stereocenters. The van der Waals surface area contributed by atoms with Crippen molar-refractivity contribution < 1.29 is 4.39 Å². The van der Waals surface area contributed by atoms with Crippen LogP contribution in [0.15, 0.2) is 46.9 Å². The summed E-state index contributed by atoms with van der Waals surface area (Å²) in [5.41, 5.74) is 9.00. The summed E-state index contributed by atoms with van der Waals surface area (Å²) in [5.74, 6) is -0.192. The zero-order chi connectivity index (χ0) is 13.1. The average molecular weight is 308 g/mol. The van der Waals surface area contributed by atoms with E-state index in [0.29, 0.717) is 12.0 Å². The molecule has 0 bridgehead atoms. The van der Waals surface area contributed by atoms with E-state index in [4.69, 9.17) is 5.73 Å². The number of aryl methyl sites for hydroxylation is 1. The lowest BCUT2D eigenvalue weighted by atomic mass is 9.96. The van der Waals surface area contributed by atoms with E-state index in [1.807, 2.05) is 31.2 Å². The Bertz CT molecular complexity index is 554. The fourth-order valence-corrected chi connectivity index (χ4v) is 2.54. The summed E-state index contributed by atoms with van der Waals surface area (Å²) in [7, 11) is 0. The summed E-state index contributed by atoms with van der Waals surface area (Å²) in [6.45, 7) is 2.02. The molecule has 0 saturated heterocycles. The number of hydrogen-bond acceptors (Lipinski definition) is 1. The molecular formula is C15H15BrFN. The fraction of sp³-hybridized carbons (Fsp3) is 0.200. The van der Waals surface area contributed by atoms with Gasteiger partial charge in [-0.15, -0.1) is 0 Å². The third-order valence-electron chi connectivity index (χ3n) is 3.03. The summed E-state index contributed by atoms with van der Waals surface area (Å²) in [6.07, 6.45) is 0.509. The number of nitrogens with two attached hydrogens (primary N) is 1. The maximum atomic E-state index is 13.6. The van der Waals surface area contributed by atoms with Crippen molar-refractivity contribution in [2.24, 2.45) is 5.73 Å². The van der Waals surface area contributed by atoms with E-state index in [2.05, 4.69) is 15.9 Å². The minimum Gasteiger partial charge on any atom is -0.324 e. The van der Waals surface area contributed by atoms with Crippen LogP contribution in [-0.2, 0) is 6.42 Å². The van der Waals surface area contributed by atoms with Gasteiger partial charge in [0, 0.05) is 10.5 Å². The summed E-state index contributed by atoms with van der Waals surface area (Å²) >= 11 is 3.42. The lowest BCUT2D eigenvalue weighted by Gasteiger charge is -2.15. The second kappa shape index (κ2) is 5.63. The molecule has 3 heteroatoms. The summed E-state index contributed by atoms with van der Waals surface area (Å²) in [6, 6.07) is 12.6. The lowest BCUT2D eigenvalue weighted by molar-refractivity contribution is 0.592. The molecule has 0 aliphatic carbocycles. The molecule has 0 aliphatic heterocycles. The smallest absolute Gasteiger partial charge is 0.126 e. The predicted molar refractivity (Wildman–Crippen MR) is 75.9 cm³/mol. The van der Waals surface area contributed by atoms with Gasteiger partial charge in [-0.25, -0.2) is 4.39 Å². The molecule has 0 aromatic heterocycles. The monoisotopic (exact) mass is 307 g/mol. The van der Waals surface area contributed by atoms with Crippen LogP contribution in [0.25, 0.3) is 0 Å². The minimum atomic E-state index is -0.192. The van der Waals surface area contributed by atoms with Crippen LogP contribution in [0, 0.1) is 12.7 Å². The predicted octanol–water partition coefficient (Wildman–Crippen LogP) is 4.14. The van der Waals surface area contributed by atoms with Gasteiger partial charge in [-0.1, -0.05) is 40.2 Å². The fourth-order valence-electron chi connectivity index (χ4n) is 2.07. The first-order valence-electron chi connectivity index (χ1n) is 5.83. The molecule has 0 saturated carbocycles. The van der Waals surface area contributed by atoms with Gasteiger partial charge in [0.25, 0.3) is 0 Å². The van der Waals surface area contributed by atoms with Crippen LogP contribution in [0.2, 0.25) is 0 Å². The molecule has 0 amide bonds. The maximum absolute atomic E-state index is 13.6. The van der Waals surface area contributed by atoms with Gasteiger partial charge in [0.05, 0.1) is 0 Å². The van der Waals surface area contributed by atoms with Crippen molar-refractivity contribution >= 4 is 15.9 Å². The van der Waals surface area contributed by atoms with Gasteiger partial charge in [0.15, 0.2) is 0 Å². The lowest BCUT2D eigenvalue weighted by Crippen LogP contribution is -2.15. The van der Waals surface area contributed by atoms with E-state index in [1.54, 1.807) is 12.1 Å². The van der Waals surface area contributed by atoms with E-state index in [0.717, 1.165) is 15.6 Å². The second-order valence-electron chi connectivity index (χ2n) is 4.40. The standard InChI is InChI=1S/C15H15BrFN/c1-10-8-12(16)6-7-13(10)15(18)9-11-4-2-3-5-14(11)17/h2-8,15H,9,18H2,1H3. The Hall–Kier alpha value is -1.19. The van der Waals surface area contributed by atoms with Crippen molar-refractivity contribution in [1.82, 2.24) is 0 Å². The Kier molecular flexibility index (Phi) is 4.15. The molecule has 18 heavy (non-hydrogen) atoms. The first kappa shape index (κ1) is 13.2. The zero-order valence-corrected chi connectivity index (χ0v) is 11.7. The van der Waals surface area contributed by atoms with E-state index in [-0.39, 0.29) is 11.9 Å². The largest absolute Gasteiger partial charge is 0.324 e. The Morgan fingerprint density at radius 1 is 1.22 bits per heavy atom. The molecular weight excluding hydrogens is 293 g/mol. The summed E-state index contributed by atoms with van der Waals surface area (Å²) in [4.78, 5) is 0. The van der Waals surface area contributed by atoms with Crippen molar-refractivity contribution in [1.29, 1.82) is 0 Å². The van der Waals surface area contributed by atoms with E-state index < -0.39 is 0 Å². The number of hydrogen-bond donors (Lipinski definition) is 1. The highest BCUT2D eigenvalue weighted by molar-refractivity contribution is 9.10. The molecule has 0 radical (unpaired) electrons. The van der Waals surface area contributed by atoms with Crippen molar-refractivity contribution in [2.45, 2.75) is 19.4 Å². The van der Waals surface area contributed by atoms with Crippen LogP contribution in [0.3, 0.4) is 0 Å². The van der Waals surface area contributed by atoms with Crippen LogP contribution in [0.5, 0.6) is 0 Å². The molecule has 0 heterocycles. The minimum absolute atomic E-state index is 0.185. The SMILES string of the molecule is Cc1cc(Br)ccc1C(N)Cc1ccccc1F. The first-order chi connectivity index (χ1) is 8.58. The van der Waals surface area contributed by atoms with Gasteiger partial charge in [-0.05, 0) is 48.2 Å². The Morgan fingerprint density at radius 3 is 2.61 bits per heavy atom. The number of rotatable bonds is 3.